The number of rotatable bonds is 3. The molecule has 0 unspecified atom stereocenters. The maximum absolute atomic E-state index is 12.3. The first-order valence-corrected chi connectivity index (χ1v) is 7.24. The zero-order valence-electron chi connectivity index (χ0n) is 11.3. The van der Waals surface area contributed by atoms with E-state index in [4.69, 9.17) is 5.73 Å². The van der Waals surface area contributed by atoms with Gasteiger partial charge in [-0.2, -0.15) is 11.3 Å². The fourth-order valence-electron chi connectivity index (χ4n) is 1.77. The van der Waals surface area contributed by atoms with Gasteiger partial charge in [-0.1, -0.05) is 23.5 Å². The molecule has 1 heterocycles. The average Bonchev–Trinajstić information content (AvgIpc) is 2.96. The predicted molar refractivity (Wildman–Crippen MR) is 82.6 cm³/mol. The number of hydrogen-bond acceptors (Lipinski definition) is 3. The van der Waals surface area contributed by atoms with Crippen molar-refractivity contribution in [3.63, 3.8) is 0 Å². The van der Waals surface area contributed by atoms with Crippen LogP contribution in [-0.4, -0.2) is 12.5 Å². The van der Waals surface area contributed by atoms with Gasteiger partial charge in [0.2, 0.25) is 0 Å². The Hall–Kier alpha value is -2.09. The van der Waals surface area contributed by atoms with E-state index in [1.807, 2.05) is 41.9 Å². The number of thiophene rings is 1. The summed E-state index contributed by atoms with van der Waals surface area (Å²) in [6, 6.07) is 7.65. The second-order valence-corrected chi connectivity index (χ2v) is 5.15. The van der Waals surface area contributed by atoms with Crippen LogP contribution in [0.3, 0.4) is 0 Å². The van der Waals surface area contributed by atoms with Crippen LogP contribution in [0.4, 0.5) is 0 Å². The second kappa shape index (κ2) is 6.90. The highest BCUT2D eigenvalue weighted by molar-refractivity contribution is 7.07. The van der Waals surface area contributed by atoms with Crippen LogP contribution in [0.1, 0.15) is 27.0 Å². The van der Waals surface area contributed by atoms with Crippen molar-refractivity contribution < 1.29 is 4.79 Å². The average molecular weight is 284 g/mol. The zero-order chi connectivity index (χ0) is 14.4. The number of aryl methyl sites for hydroxylation is 1. The van der Waals surface area contributed by atoms with Crippen LogP contribution in [-0.2, 0) is 6.54 Å². The summed E-state index contributed by atoms with van der Waals surface area (Å²) in [4.78, 5) is 12.3. The third-order valence-electron chi connectivity index (χ3n) is 2.78. The standard InChI is InChI=1S/C16H16N2OS/c1-12-4-5-14(3-2-7-17)15(9-12)16(19)18-10-13-6-8-20-11-13/h4-6,8-9,11H,7,10,17H2,1H3,(H,18,19). The fraction of sp³-hybridized carbons (Fsp3) is 0.188. The lowest BCUT2D eigenvalue weighted by Crippen LogP contribution is -2.23. The minimum atomic E-state index is -0.110. The van der Waals surface area contributed by atoms with Crippen molar-refractivity contribution >= 4 is 17.2 Å². The van der Waals surface area contributed by atoms with Gasteiger partial charge in [0, 0.05) is 12.1 Å². The highest BCUT2D eigenvalue weighted by atomic mass is 32.1. The number of carbonyl (C=O) groups excluding carboxylic acids is 1. The van der Waals surface area contributed by atoms with Crippen molar-refractivity contribution in [2.24, 2.45) is 5.73 Å². The molecule has 0 aliphatic heterocycles. The zero-order valence-corrected chi connectivity index (χ0v) is 12.1. The Bertz CT molecular complexity index is 651. The Morgan fingerprint density at radius 3 is 2.95 bits per heavy atom. The van der Waals surface area contributed by atoms with Gasteiger partial charge in [0.15, 0.2) is 0 Å². The number of hydrogen-bond donors (Lipinski definition) is 2. The molecule has 3 nitrogen and oxygen atoms in total. The minimum absolute atomic E-state index is 0.110. The lowest BCUT2D eigenvalue weighted by atomic mass is 10.0. The molecule has 102 valence electrons. The summed E-state index contributed by atoms with van der Waals surface area (Å²) in [5.74, 6) is 5.62. The molecule has 0 aliphatic carbocycles. The molecule has 0 saturated heterocycles. The van der Waals surface area contributed by atoms with E-state index < -0.39 is 0 Å². The van der Waals surface area contributed by atoms with Gasteiger partial charge < -0.3 is 11.1 Å². The van der Waals surface area contributed by atoms with Crippen molar-refractivity contribution in [2.75, 3.05) is 6.54 Å². The van der Waals surface area contributed by atoms with Crippen LogP contribution in [0.5, 0.6) is 0 Å². The molecule has 3 N–H and O–H groups in total. The minimum Gasteiger partial charge on any atom is -0.348 e. The number of benzene rings is 1. The smallest absolute Gasteiger partial charge is 0.252 e. The predicted octanol–water partition coefficient (Wildman–Crippen LogP) is 2.30. The molecular weight excluding hydrogens is 268 g/mol. The van der Waals surface area contributed by atoms with E-state index in [1.54, 1.807) is 11.3 Å². The van der Waals surface area contributed by atoms with Gasteiger partial charge in [-0.15, -0.1) is 0 Å². The summed E-state index contributed by atoms with van der Waals surface area (Å²) in [6.45, 7) is 2.76. The molecule has 0 fully saturated rings. The van der Waals surface area contributed by atoms with Crippen LogP contribution < -0.4 is 11.1 Å². The molecule has 2 rings (SSSR count). The highest BCUT2D eigenvalue weighted by Gasteiger charge is 2.10. The van der Waals surface area contributed by atoms with Crippen LogP contribution in [0.15, 0.2) is 35.0 Å². The largest absolute Gasteiger partial charge is 0.348 e. The first kappa shape index (κ1) is 14.3. The summed E-state index contributed by atoms with van der Waals surface area (Å²) in [5.41, 5.74) is 8.83. The summed E-state index contributed by atoms with van der Waals surface area (Å²) in [6.07, 6.45) is 0. The second-order valence-electron chi connectivity index (χ2n) is 4.37. The molecule has 0 aliphatic rings. The maximum atomic E-state index is 12.3. The molecule has 1 aromatic carbocycles. The maximum Gasteiger partial charge on any atom is 0.252 e. The van der Waals surface area contributed by atoms with Crippen molar-refractivity contribution in [1.82, 2.24) is 5.32 Å². The van der Waals surface area contributed by atoms with Crippen molar-refractivity contribution in [3.05, 3.63) is 57.3 Å². The van der Waals surface area contributed by atoms with Crippen molar-refractivity contribution in [2.45, 2.75) is 13.5 Å². The lowest BCUT2D eigenvalue weighted by Gasteiger charge is -2.07. The molecule has 0 saturated carbocycles. The third kappa shape index (κ3) is 3.70. The molecule has 1 aromatic heterocycles. The van der Waals surface area contributed by atoms with E-state index in [2.05, 4.69) is 17.2 Å². The van der Waals surface area contributed by atoms with Gasteiger partial charge in [0.1, 0.15) is 0 Å². The lowest BCUT2D eigenvalue weighted by molar-refractivity contribution is 0.0950. The summed E-state index contributed by atoms with van der Waals surface area (Å²) >= 11 is 1.62. The monoisotopic (exact) mass is 284 g/mol. The van der Waals surface area contributed by atoms with Gasteiger partial charge in [-0.05, 0) is 41.4 Å². The molecule has 0 radical (unpaired) electrons. The summed E-state index contributed by atoms with van der Waals surface area (Å²) in [5, 5.41) is 6.93. The van der Waals surface area contributed by atoms with Crippen LogP contribution in [0.2, 0.25) is 0 Å². The molecular formula is C16H16N2OS. The Morgan fingerprint density at radius 2 is 2.25 bits per heavy atom. The van der Waals surface area contributed by atoms with Crippen LogP contribution in [0.25, 0.3) is 0 Å². The molecule has 0 bridgehead atoms. The highest BCUT2D eigenvalue weighted by Crippen LogP contribution is 2.12. The van der Waals surface area contributed by atoms with E-state index in [1.165, 1.54) is 0 Å². The quantitative estimate of drug-likeness (QED) is 0.850. The van der Waals surface area contributed by atoms with E-state index in [0.29, 0.717) is 17.7 Å². The van der Waals surface area contributed by atoms with Gasteiger partial charge in [0.05, 0.1) is 12.1 Å². The Morgan fingerprint density at radius 1 is 1.40 bits per heavy atom. The normalized spacial score (nSPS) is 9.70. The summed E-state index contributed by atoms with van der Waals surface area (Å²) in [7, 11) is 0. The number of nitrogens with one attached hydrogen (secondary N) is 1. The van der Waals surface area contributed by atoms with Gasteiger partial charge in [-0.3, -0.25) is 4.79 Å². The fourth-order valence-corrected chi connectivity index (χ4v) is 2.44. The molecule has 20 heavy (non-hydrogen) atoms. The van der Waals surface area contributed by atoms with Gasteiger partial charge in [0.25, 0.3) is 5.91 Å². The van der Waals surface area contributed by atoms with Gasteiger partial charge >= 0.3 is 0 Å². The molecule has 4 heteroatoms. The SMILES string of the molecule is Cc1ccc(C#CCN)c(C(=O)NCc2ccsc2)c1. The van der Waals surface area contributed by atoms with Crippen LogP contribution >= 0.6 is 11.3 Å². The number of nitrogens with two attached hydrogens (primary N) is 1. The Labute approximate surface area is 122 Å². The molecule has 1 amide bonds. The summed E-state index contributed by atoms with van der Waals surface area (Å²) < 4.78 is 0. The van der Waals surface area contributed by atoms with E-state index >= 15 is 0 Å². The van der Waals surface area contributed by atoms with Crippen LogP contribution in [0, 0.1) is 18.8 Å². The Balaban J connectivity index is 2.17. The topological polar surface area (TPSA) is 55.1 Å². The van der Waals surface area contributed by atoms with Gasteiger partial charge in [-0.25, -0.2) is 0 Å². The van der Waals surface area contributed by atoms with E-state index in [-0.39, 0.29) is 12.5 Å². The Kier molecular flexibility index (Phi) is 4.94. The van der Waals surface area contributed by atoms with Crippen molar-refractivity contribution in [3.8, 4) is 11.8 Å². The van der Waals surface area contributed by atoms with E-state index in [9.17, 15) is 4.79 Å². The number of carbonyl (C=O) groups is 1. The molecule has 0 spiro atoms. The first-order valence-electron chi connectivity index (χ1n) is 6.29. The molecule has 0 atom stereocenters. The third-order valence-corrected chi connectivity index (χ3v) is 3.51. The van der Waals surface area contributed by atoms with Crippen molar-refractivity contribution in [1.29, 1.82) is 0 Å². The van der Waals surface area contributed by atoms with E-state index in [0.717, 1.165) is 11.1 Å². The first-order chi connectivity index (χ1) is 9.70. The molecule has 2 aromatic rings. The number of amides is 1.